The van der Waals surface area contributed by atoms with Crippen LogP contribution in [-0.2, 0) is 21.1 Å². The topological polar surface area (TPSA) is 101 Å². The third-order valence-corrected chi connectivity index (χ3v) is 5.59. The summed E-state index contributed by atoms with van der Waals surface area (Å²) >= 11 is 0. The van der Waals surface area contributed by atoms with Gasteiger partial charge in [-0.2, -0.15) is 0 Å². The summed E-state index contributed by atoms with van der Waals surface area (Å²) in [6, 6.07) is 5.40. The van der Waals surface area contributed by atoms with Crippen molar-refractivity contribution in [3.8, 4) is 0 Å². The van der Waals surface area contributed by atoms with E-state index in [1.54, 1.807) is 29.1 Å². The smallest absolute Gasteiger partial charge is 0.221 e. The molecule has 2 rings (SSSR count). The number of nitrogens with zero attached hydrogens (tertiary/aromatic N) is 2. The summed E-state index contributed by atoms with van der Waals surface area (Å²) < 4.78 is 27.1. The Morgan fingerprint density at radius 2 is 2.00 bits per heavy atom. The molecule has 1 heterocycles. The number of imidazole rings is 1. The molecule has 1 aromatic heterocycles. The van der Waals surface area contributed by atoms with Crippen LogP contribution in [0.15, 0.2) is 41.6 Å². The molecule has 7 nitrogen and oxygen atoms in total. The van der Waals surface area contributed by atoms with E-state index in [2.05, 4.69) is 10.3 Å². The molecule has 2 aromatic rings. The van der Waals surface area contributed by atoms with Crippen molar-refractivity contribution in [3.63, 3.8) is 0 Å². The molecule has 0 aliphatic heterocycles. The highest BCUT2D eigenvalue weighted by Crippen LogP contribution is 2.20. The van der Waals surface area contributed by atoms with E-state index >= 15 is 0 Å². The summed E-state index contributed by atoms with van der Waals surface area (Å²) in [5.41, 5.74) is 0.532. The number of hydrogen-bond acceptors (Lipinski definition) is 5. The van der Waals surface area contributed by atoms with Crippen LogP contribution in [0.2, 0.25) is 0 Å². The first-order chi connectivity index (χ1) is 11.9. The van der Waals surface area contributed by atoms with E-state index in [0.29, 0.717) is 5.69 Å². The number of aliphatic hydroxyl groups is 1. The lowest BCUT2D eigenvalue weighted by atomic mass is 10.3. The van der Waals surface area contributed by atoms with Gasteiger partial charge in [0.1, 0.15) is 5.82 Å². The van der Waals surface area contributed by atoms with Crippen LogP contribution in [0, 0.1) is 0 Å². The summed E-state index contributed by atoms with van der Waals surface area (Å²) in [7, 11) is -3.60. The molecule has 1 unspecified atom stereocenters. The van der Waals surface area contributed by atoms with Gasteiger partial charge >= 0.3 is 0 Å². The third kappa shape index (κ3) is 4.90. The van der Waals surface area contributed by atoms with Gasteiger partial charge in [0.25, 0.3) is 0 Å². The summed E-state index contributed by atoms with van der Waals surface area (Å²) in [4.78, 5) is 15.4. The number of nitrogens with one attached hydrogen (secondary N) is 1. The number of hydrogen-bond donors (Lipinski definition) is 2. The zero-order valence-electron chi connectivity index (χ0n) is 14.3. The Labute approximate surface area is 147 Å². The fourth-order valence-electron chi connectivity index (χ4n) is 2.61. The second-order valence-electron chi connectivity index (χ2n) is 5.82. The number of carbonyl (C=O) groups excluding carboxylic acids is 1. The molecule has 0 aliphatic rings. The predicted octanol–water partition coefficient (Wildman–Crippen LogP) is 1.80. The Morgan fingerprint density at radius 3 is 2.56 bits per heavy atom. The number of anilines is 1. The van der Waals surface area contributed by atoms with Crippen molar-refractivity contribution < 1.29 is 18.3 Å². The van der Waals surface area contributed by atoms with Crippen molar-refractivity contribution in [2.24, 2.45) is 0 Å². The fourth-order valence-corrected chi connectivity index (χ4v) is 4.13. The predicted molar refractivity (Wildman–Crippen MR) is 95.1 cm³/mol. The monoisotopic (exact) mass is 365 g/mol. The highest BCUT2D eigenvalue weighted by atomic mass is 32.2. The van der Waals surface area contributed by atoms with Crippen LogP contribution in [0.4, 0.5) is 5.69 Å². The maximum Gasteiger partial charge on any atom is 0.221 e. The lowest BCUT2D eigenvalue weighted by molar-refractivity contribution is -0.114. The van der Waals surface area contributed by atoms with Gasteiger partial charge < -0.3 is 15.0 Å². The van der Waals surface area contributed by atoms with Crippen LogP contribution in [0.3, 0.4) is 0 Å². The van der Waals surface area contributed by atoms with E-state index < -0.39 is 15.9 Å². The van der Waals surface area contributed by atoms with Crippen molar-refractivity contribution in [1.29, 1.82) is 0 Å². The quantitative estimate of drug-likeness (QED) is 0.743. The Kier molecular flexibility index (Phi) is 6.33. The maximum atomic E-state index is 12.7. The number of sulfone groups is 1. The van der Waals surface area contributed by atoms with Crippen molar-refractivity contribution in [2.75, 3.05) is 17.7 Å². The van der Waals surface area contributed by atoms with Gasteiger partial charge in [-0.25, -0.2) is 13.4 Å². The number of carbonyl (C=O) groups is 1. The molecule has 136 valence electrons. The van der Waals surface area contributed by atoms with Gasteiger partial charge in [0.05, 0.1) is 23.3 Å². The summed E-state index contributed by atoms with van der Waals surface area (Å²) in [5, 5.41) is 12.3. The fraction of sp³-hybridized carbons (Fsp3) is 0.412. The normalized spacial score (nSPS) is 12.8. The summed E-state index contributed by atoms with van der Waals surface area (Å²) in [5.74, 6) is 0.313. The van der Waals surface area contributed by atoms with Gasteiger partial charge in [-0.1, -0.05) is 6.92 Å². The lowest BCUT2D eigenvalue weighted by Crippen LogP contribution is -2.24. The number of aryl methyl sites for hydroxylation is 1. The van der Waals surface area contributed by atoms with Gasteiger partial charge in [0, 0.05) is 31.4 Å². The van der Waals surface area contributed by atoms with E-state index in [-0.39, 0.29) is 23.2 Å². The van der Waals surface area contributed by atoms with Crippen LogP contribution in [0.25, 0.3) is 0 Å². The molecular weight excluding hydrogens is 342 g/mol. The molecule has 1 atom stereocenters. The molecular formula is C17H23N3O4S. The number of rotatable bonds is 8. The molecule has 1 amide bonds. The van der Waals surface area contributed by atoms with E-state index in [9.17, 15) is 18.3 Å². The van der Waals surface area contributed by atoms with Gasteiger partial charge in [0.2, 0.25) is 5.91 Å². The van der Waals surface area contributed by atoms with Crippen molar-refractivity contribution >= 4 is 21.4 Å². The van der Waals surface area contributed by atoms with Crippen LogP contribution >= 0.6 is 0 Å². The van der Waals surface area contributed by atoms with E-state index in [1.165, 1.54) is 19.1 Å². The number of aliphatic hydroxyl groups excluding tert-OH is 1. The van der Waals surface area contributed by atoms with Crippen molar-refractivity contribution in [2.45, 2.75) is 37.6 Å². The first kappa shape index (κ1) is 19.1. The molecule has 0 aliphatic carbocycles. The maximum absolute atomic E-state index is 12.7. The van der Waals surface area contributed by atoms with Gasteiger partial charge in [0.15, 0.2) is 9.84 Å². The Bertz CT molecular complexity index is 813. The summed E-state index contributed by atoms with van der Waals surface area (Å²) in [6.45, 7) is 3.10. The summed E-state index contributed by atoms with van der Waals surface area (Å²) in [6.07, 6.45) is 4.91. The minimum absolute atomic E-state index is 0.150. The van der Waals surface area contributed by atoms with Crippen molar-refractivity contribution in [1.82, 2.24) is 9.55 Å². The van der Waals surface area contributed by atoms with Gasteiger partial charge in [-0.15, -0.1) is 0 Å². The minimum atomic E-state index is -3.60. The molecule has 0 spiro atoms. The third-order valence-electron chi connectivity index (χ3n) is 3.77. The van der Waals surface area contributed by atoms with Crippen LogP contribution in [0.5, 0.6) is 0 Å². The van der Waals surface area contributed by atoms with Crippen molar-refractivity contribution in [3.05, 3.63) is 42.5 Å². The van der Waals surface area contributed by atoms with Crippen LogP contribution < -0.4 is 5.32 Å². The second-order valence-corrected chi connectivity index (χ2v) is 7.86. The number of benzene rings is 1. The lowest BCUT2D eigenvalue weighted by Gasteiger charge is -2.19. The largest absolute Gasteiger partial charge is 0.394 e. The van der Waals surface area contributed by atoms with Gasteiger partial charge in [-0.05, 0) is 30.7 Å². The second kappa shape index (κ2) is 8.26. The first-order valence-electron chi connectivity index (χ1n) is 8.10. The van der Waals surface area contributed by atoms with Gasteiger partial charge in [-0.3, -0.25) is 4.79 Å². The Balaban J connectivity index is 2.20. The van der Waals surface area contributed by atoms with E-state index in [1.807, 2.05) is 6.92 Å². The zero-order chi connectivity index (χ0) is 18.4. The molecule has 1 aromatic carbocycles. The Morgan fingerprint density at radius 1 is 1.32 bits per heavy atom. The highest BCUT2D eigenvalue weighted by Gasteiger charge is 2.23. The molecule has 2 N–H and O–H groups in total. The average molecular weight is 365 g/mol. The molecule has 0 saturated heterocycles. The average Bonchev–Trinajstić information content (AvgIpc) is 3.01. The minimum Gasteiger partial charge on any atom is -0.394 e. The molecule has 0 bridgehead atoms. The van der Waals surface area contributed by atoms with Crippen LogP contribution in [0.1, 0.15) is 32.1 Å². The Hall–Kier alpha value is -2.19. The molecule has 8 heteroatoms. The molecule has 0 saturated carbocycles. The molecule has 0 fully saturated rings. The highest BCUT2D eigenvalue weighted by molar-refractivity contribution is 7.91. The zero-order valence-corrected chi connectivity index (χ0v) is 15.2. The van der Waals surface area contributed by atoms with E-state index in [4.69, 9.17) is 0 Å². The van der Waals surface area contributed by atoms with Crippen LogP contribution in [-0.4, -0.2) is 41.3 Å². The SMILES string of the molecule is CCCc1nccn1C(CO)CS(=O)(=O)c1ccc(NC(C)=O)cc1. The number of amides is 1. The first-order valence-corrected chi connectivity index (χ1v) is 9.75. The molecule has 25 heavy (non-hydrogen) atoms. The standard InChI is InChI=1S/C17H23N3O4S/c1-3-4-17-18-9-10-20(17)15(11-21)12-25(23,24)16-7-5-14(6-8-16)19-13(2)22/h5-10,15,21H,3-4,11-12H2,1-2H3,(H,19,22). The molecule has 0 radical (unpaired) electrons. The number of aromatic nitrogens is 2. The van der Waals surface area contributed by atoms with E-state index in [0.717, 1.165) is 18.7 Å².